The van der Waals surface area contributed by atoms with Gasteiger partial charge in [-0.2, -0.15) is 0 Å². The summed E-state index contributed by atoms with van der Waals surface area (Å²) in [6.45, 7) is 6.14. The SMILES string of the molecule is COc1cc(C)c(C(=O)CCCCl)cc1C(C)C. The van der Waals surface area contributed by atoms with Gasteiger partial charge in [-0.15, -0.1) is 11.6 Å². The Morgan fingerprint density at radius 3 is 2.56 bits per heavy atom. The topological polar surface area (TPSA) is 26.3 Å². The zero-order valence-electron chi connectivity index (χ0n) is 11.5. The zero-order chi connectivity index (χ0) is 13.7. The van der Waals surface area contributed by atoms with Crippen LogP contribution in [0.15, 0.2) is 12.1 Å². The third kappa shape index (κ3) is 3.49. The standard InChI is InChI=1S/C15H21ClO2/c1-10(2)12-9-13(14(17)6-5-7-16)11(3)8-15(12)18-4/h8-10H,5-7H2,1-4H3. The third-order valence-corrected chi connectivity index (χ3v) is 3.30. The van der Waals surface area contributed by atoms with Gasteiger partial charge in [0.05, 0.1) is 7.11 Å². The van der Waals surface area contributed by atoms with Crippen LogP contribution in [0.5, 0.6) is 5.75 Å². The van der Waals surface area contributed by atoms with Crippen molar-refractivity contribution in [1.82, 2.24) is 0 Å². The summed E-state index contributed by atoms with van der Waals surface area (Å²) in [7, 11) is 1.66. The van der Waals surface area contributed by atoms with Crippen LogP contribution in [0.1, 0.15) is 54.1 Å². The molecular formula is C15H21ClO2. The van der Waals surface area contributed by atoms with Crippen LogP contribution < -0.4 is 4.74 Å². The highest BCUT2D eigenvalue weighted by atomic mass is 35.5. The van der Waals surface area contributed by atoms with Gasteiger partial charge in [0.25, 0.3) is 0 Å². The van der Waals surface area contributed by atoms with Crippen LogP contribution in [-0.2, 0) is 0 Å². The fourth-order valence-corrected chi connectivity index (χ4v) is 2.12. The molecule has 18 heavy (non-hydrogen) atoms. The van der Waals surface area contributed by atoms with Crippen molar-refractivity contribution in [2.75, 3.05) is 13.0 Å². The summed E-state index contributed by atoms with van der Waals surface area (Å²) in [4.78, 5) is 12.1. The molecule has 1 aromatic carbocycles. The van der Waals surface area contributed by atoms with Crippen LogP contribution in [0.25, 0.3) is 0 Å². The van der Waals surface area contributed by atoms with Crippen molar-refractivity contribution in [2.45, 2.75) is 39.5 Å². The van der Waals surface area contributed by atoms with E-state index in [1.807, 2.05) is 19.1 Å². The number of methoxy groups -OCH3 is 1. The molecule has 0 atom stereocenters. The molecule has 0 aliphatic carbocycles. The summed E-state index contributed by atoms with van der Waals surface area (Å²) >= 11 is 5.63. The fraction of sp³-hybridized carbons (Fsp3) is 0.533. The number of carbonyl (C=O) groups excluding carboxylic acids is 1. The van der Waals surface area contributed by atoms with Crippen LogP contribution in [0.3, 0.4) is 0 Å². The minimum absolute atomic E-state index is 0.165. The van der Waals surface area contributed by atoms with Gasteiger partial charge in [0, 0.05) is 17.9 Å². The molecule has 0 spiro atoms. The Hall–Kier alpha value is -1.02. The second kappa shape index (κ2) is 6.79. The van der Waals surface area contributed by atoms with Crippen molar-refractivity contribution in [1.29, 1.82) is 0 Å². The number of ether oxygens (including phenoxy) is 1. The Morgan fingerprint density at radius 1 is 1.39 bits per heavy atom. The minimum atomic E-state index is 0.165. The van der Waals surface area contributed by atoms with Gasteiger partial charge in [-0.1, -0.05) is 13.8 Å². The van der Waals surface area contributed by atoms with Crippen molar-refractivity contribution in [3.63, 3.8) is 0 Å². The highest BCUT2D eigenvalue weighted by molar-refractivity contribution is 6.18. The third-order valence-electron chi connectivity index (χ3n) is 3.04. The van der Waals surface area contributed by atoms with Gasteiger partial charge in [-0.3, -0.25) is 4.79 Å². The highest BCUT2D eigenvalue weighted by Crippen LogP contribution is 2.30. The predicted molar refractivity (Wildman–Crippen MR) is 76.1 cm³/mol. The lowest BCUT2D eigenvalue weighted by Crippen LogP contribution is -2.05. The zero-order valence-corrected chi connectivity index (χ0v) is 12.3. The molecule has 0 saturated carbocycles. The molecule has 0 unspecified atom stereocenters. The molecule has 0 aromatic heterocycles. The van der Waals surface area contributed by atoms with E-state index in [4.69, 9.17) is 16.3 Å². The Bertz CT molecular complexity index is 425. The first-order chi connectivity index (χ1) is 8.51. The molecule has 0 aliphatic rings. The highest BCUT2D eigenvalue weighted by Gasteiger charge is 2.15. The predicted octanol–water partition coefficient (Wildman–Crippen LogP) is 4.33. The Labute approximate surface area is 114 Å². The summed E-state index contributed by atoms with van der Waals surface area (Å²) < 4.78 is 5.37. The number of rotatable bonds is 6. The van der Waals surface area contributed by atoms with E-state index in [0.29, 0.717) is 18.2 Å². The quantitative estimate of drug-likeness (QED) is 0.567. The molecule has 0 radical (unpaired) electrons. The average Bonchev–Trinajstić information content (AvgIpc) is 2.34. The maximum Gasteiger partial charge on any atom is 0.163 e. The lowest BCUT2D eigenvalue weighted by Gasteiger charge is -2.15. The number of benzene rings is 1. The number of Topliss-reactive ketones (excluding diaryl/α,β-unsaturated/α-hetero) is 1. The fourth-order valence-electron chi connectivity index (χ4n) is 1.99. The number of ketones is 1. The number of halogens is 1. The van der Waals surface area contributed by atoms with Crippen molar-refractivity contribution in [2.24, 2.45) is 0 Å². The smallest absolute Gasteiger partial charge is 0.163 e. The summed E-state index contributed by atoms with van der Waals surface area (Å²) in [6.07, 6.45) is 1.23. The molecule has 0 amide bonds. The second-order valence-corrected chi connectivity index (χ2v) is 5.16. The van der Waals surface area contributed by atoms with Crippen molar-refractivity contribution >= 4 is 17.4 Å². The second-order valence-electron chi connectivity index (χ2n) is 4.78. The molecule has 0 aliphatic heterocycles. The van der Waals surface area contributed by atoms with E-state index in [1.165, 1.54) is 0 Å². The van der Waals surface area contributed by atoms with E-state index in [1.54, 1.807) is 7.11 Å². The van der Waals surface area contributed by atoms with Gasteiger partial charge in [0.2, 0.25) is 0 Å². The summed E-state index contributed by atoms with van der Waals surface area (Å²) in [6, 6.07) is 3.92. The molecule has 0 saturated heterocycles. The van der Waals surface area contributed by atoms with Gasteiger partial charge in [-0.05, 0) is 42.5 Å². The van der Waals surface area contributed by atoms with Gasteiger partial charge in [-0.25, -0.2) is 0 Å². The maximum absolute atomic E-state index is 12.1. The van der Waals surface area contributed by atoms with Crippen molar-refractivity contribution in [3.05, 3.63) is 28.8 Å². The van der Waals surface area contributed by atoms with E-state index < -0.39 is 0 Å². The molecule has 1 rings (SSSR count). The van der Waals surface area contributed by atoms with Gasteiger partial charge in [0.15, 0.2) is 5.78 Å². The van der Waals surface area contributed by atoms with Gasteiger partial charge >= 0.3 is 0 Å². The molecular weight excluding hydrogens is 248 g/mol. The molecule has 2 nitrogen and oxygen atoms in total. The monoisotopic (exact) mass is 268 g/mol. The summed E-state index contributed by atoms with van der Waals surface area (Å²) in [5.74, 6) is 1.88. The van der Waals surface area contributed by atoms with Gasteiger partial charge < -0.3 is 4.74 Å². The molecule has 100 valence electrons. The van der Waals surface area contributed by atoms with E-state index in [0.717, 1.165) is 28.9 Å². The van der Waals surface area contributed by atoms with E-state index in [-0.39, 0.29) is 5.78 Å². The van der Waals surface area contributed by atoms with E-state index in [9.17, 15) is 4.79 Å². The molecule has 3 heteroatoms. The van der Waals surface area contributed by atoms with Crippen LogP contribution in [0.2, 0.25) is 0 Å². The lowest BCUT2D eigenvalue weighted by molar-refractivity contribution is 0.0981. The van der Waals surface area contributed by atoms with Crippen molar-refractivity contribution < 1.29 is 9.53 Å². The normalized spacial score (nSPS) is 10.8. The summed E-state index contributed by atoms with van der Waals surface area (Å²) in [5, 5.41) is 0. The number of carbonyl (C=O) groups is 1. The molecule has 0 N–H and O–H groups in total. The Morgan fingerprint density at radius 2 is 2.06 bits per heavy atom. The Kier molecular flexibility index (Phi) is 5.67. The van der Waals surface area contributed by atoms with Crippen LogP contribution in [-0.4, -0.2) is 18.8 Å². The first kappa shape index (κ1) is 15.0. The number of hydrogen-bond acceptors (Lipinski definition) is 2. The minimum Gasteiger partial charge on any atom is -0.496 e. The number of hydrogen-bond donors (Lipinski definition) is 0. The molecule has 0 fully saturated rings. The van der Waals surface area contributed by atoms with E-state index >= 15 is 0 Å². The summed E-state index contributed by atoms with van der Waals surface area (Å²) in [5.41, 5.74) is 2.85. The van der Waals surface area contributed by atoms with E-state index in [2.05, 4.69) is 13.8 Å². The van der Waals surface area contributed by atoms with Crippen LogP contribution >= 0.6 is 11.6 Å². The molecule has 0 heterocycles. The number of aryl methyl sites for hydroxylation is 1. The van der Waals surface area contributed by atoms with Crippen LogP contribution in [0, 0.1) is 6.92 Å². The number of alkyl halides is 1. The Balaban J connectivity index is 3.13. The van der Waals surface area contributed by atoms with Gasteiger partial charge in [0.1, 0.15) is 5.75 Å². The largest absolute Gasteiger partial charge is 0.496 e. The maximum atomic E-state index is 12.1. The van der Waals surface area contributed by atoms with Crippen LogP contribution in [0.4, 0.5) is 0 Å². The molecule has 0 bridgehead atoms. The first-order valence-electron chi connectivity index (χ1n) is 6.29. The molecule has 1 aromatic rings. The first-order valence-corrected chi connectivity index (χ1v) is 6.82. The lowest BCUT2D eigenvalue weighted by atomic mass is 9.93. The van der Waals surface area contributed by atoms with Crippen molar-refractivity contribution in [3.8, 4) is 5.75 Å². The average molecular weight is 269 g/mol.